The number of hydrazone groups is 1. The fourth-order valence-corrected chi connectivity index (χ4v) is 6.43. The van der Waals surface area contributed by atoms with Crippen molar-refractivity contribution in [2.75, 3.05) is 50.2 Å². The standard InChI is InChI=1S/C40H38F4N6O6/c1-3-4-19-49-32(24-51)38(47-50(37(49)25-52)31-11-6-5-10-28(31)40(42,43)44)39(53)46-26-12-13-34(29(41)21-26)56-33-14-15-45-30-23-35(54-2)36(22-27(30)33)55-20-9-18-48-16-7-8-17-48/h5-6,10-15,21-23H,3-4,7-9,16-20H2,1-2H3,(H,46,53). The number of ether oxygens (including phenoxy) is 3. The molecule has 1 fully saturated rings. The minimum atomic E-state index is -4.86. The van der Waals surface area contributed by atoms with Crippen molar-refractivity contribution in [1.29, 1.82) is 0 Å². The summed E-state index contributed by atoms with van der Waals surface area (Å²) in [6.45, 7) is 5.33. The van der Waals surface area contributed by atoms with Crippen molar-refractivity contribution >= 4 is 45.8 Å². The molecule has 0 bridgehead atoms. The number of amides is 1. The van der Waals surface area contributed by atoms with Gasteiger partial charge in [-0.2, -0.15) is 18.3 Å². The molecule has 16 heteroatoms. The Hall–Kier alpha value is -6.21. The molecule has 3 aromatic carbocycles. The van der Waals surface area contributed by atoms with Crippen LogP contribution in [0.3, 0.4) is 0 Å². The Balaban J connectivity index is 1.25. The van der Waals surface area contributed by atoms with E-state index in [9.17, 15) is 27.6 Å². The number of carbonyl (C=O) groups excluding carboxylic acids is 3. The van der Waals surface area contributed by atoms with E-state index in [1.807, 2.05) is 6.92 Å². The number of fused-ring (bicyclic) bond motifs is 1. The number of hydrogen-bond donors (Lipinski definition) is 1. The van der Waals surface area contributed by atoms with Gasteiger partial charge in [0, 0.05) is 42.5 Å². The van der Waals surface area contributed by atoms with Crippen LogP contribution in [-0.4, -0.2) is 78.2 Å². The molecule has 2 aliphatic heterocycles. The first-order valence-corrected chi connectivity index (χ1v) is 18.0. The number of para-hydroxylation sites is 1. The Kier molecular flexibility index (Phi) is 12.3. The summed E-state index contributed by atoms with van der Waals surface area (Å²) in [4.78, 5) is 46.0. The van der Waals surface area contributed by atoms with E-state index in [1.165, 1.54) is 44.3 Å². The lowest BCUT2D eigenvalue weighted by Crippen LogP contribution is -2.45. The van der Waals surface area contributed by atoms with Gasteiger partial charge in [-0.05, 0) is 75.2 Å². The lowest BCUT2D eigenvalue weighted by molar-refractivity contribution is -0.137. The number of rotatable bonds is 14. The van der Waals surface area contributed by atoms with Gasteiger partial charge in [0.05, 0.1) is 30.5 Å². The van der Waals surface area contributed by atoms with Gasteiger partial charge in [-0.1, -0.05) is 25.5 Å². The summed E-state index contributed by atoms with van der Waals surface area (Å²) in [7, 11) is 1.52. The summed E-state index contributed by atoms with van der Waals surface area (Å²) in [6.07, 6.45) is 0.802. The quantitative estimate of drug-likeness (QED) is 0.0789. The molecule has 292 valence electrons. The Morgan fingerprint density at radius 3 is 2.41 bits per heavy atom. The molecule has 2 aliphatic rings. The number of aromatic nitrogens is 1. The third kappa shape index (κ3) is 8.68. The number of methoxy groups -OCH3 is 1. The van der Waals surface area contributed by atoms with E-state index in [-0.39, 0.29) is 23.7 Å². The first-order valence-electron chi connectivity index (χ1n) is 18.0. The highest BCUT2D eigenvalue weighted by molar-refractivity contribution is 6.50. The molecule has 12 nitrogen and oxygen atoms in total. The van der Waals surface area contributed by atoms with Crippen LogP contribution >= 0.6 is 0 Å². The predicted molar refractivity (Wildman–Crippen MR) is 201 cm³/mol. The Labute approximate surface area is 319 Å². The first kappa shape index (κ1) is 39.5. The highest BCUT2D eigenvalue weighted by atomic mass is 19.4. The molecule has 0 unspecified atom stereocenters. The molecule has 0 aliphatic carbocycles. The van der Waals surface area contributed by atoms with Gasteiger partial charge < -0.3 is 29.3 Å². The molecule has 0 atom stereocenters. The maximum absolute atomic E-state index is 15.6. The molecule has 0 spiro atoms. The smallest absolute Gasteiger partial charge is 0.418 e. The summed E-state index contributed by atoms with van der Waals surface area (Å²) in [5.41, 5.74) is -2.50. The Morgan fingerprint density at radius 2 is 1.71 bits per heavy atom. The van der Waals surface area contributed by atoms with Crippen LogP contribution in [0.25, 0.3) is 10.9 Å². The summed E-state index contributed by atoms with van der Waals surface area (Å²) < 4.78 is 75.4. The van der Waals surface area contributed by atoms with Crippen LogP contribution in [0.4, 0.5) is 28.9 Å². The van der Waals surface area contributed by atoms with Crippen LogP contribution < -0.4 is 24.5 Å². The molecule has 6 rings (SSSR count). The molecule has 1 N–H and O–H groups in total. The number of hydrogen-bond acceptors (Lipinski definition) is 11. The van der Waals surface area contributed by atoms with Crippen molar-refractivity contribution < 1.29 is 46.2 Å². The average Bonchev–Trinajstić information content (AvgIpc) is 3.72. The lowest BCUT2D eigenvalue weighted by Gasteiger charge is -2.36. The SMILES string of the molecule is CCCCN1C(=C=O)C(C(=O)Nc2ccc(Oc3ccnc4cc(OC)c(OCCCN5CCCC5)cc34)c(F)c2)=NN(c2ccccc2C(F)(F)F)C1=C=O. The summed E-state index contributed by atoms with van der Waals surface area (Å²) >= 11 is 0. The monoisotopic (exact) mass is 774 g/mol. The van der Waals surface area contributed by atoms with E-state index in [2.05, 4.69) is 20.3 Å². The van der Waals surface area contributed by atoms with Crippen LogP contribution in [0.1, 0.15) is 44.6 Å². The zero-order chi connectivity index (χ0) is 39.8. The van der Waals surface area contributed by atoms with E-state index < -0.39 is 46.4 Å². The molecule has 1 amide bonds. The first-order chi connectivity index (χ1) is 27.1. The minimum Gasteiger partial charge on any atom is -0.493 e. The van der Waals surface area contributed by atoms with Crippen molar-refractivity contribution in [1.82, 2.24) is 14.8 Å². The zero-order valence-electron chi connectivity index (χ0n) is 30.6. The van der Waals surface area contributed by atoms with Crippen molar-refractivity contribution in [3.8, 4) is 23.0 Å². The fraction of sp³-hybridized carbons (Fsp3) is 0.325. The van der Waals surface area contributed by atoms with Crippen molar-refractivity contribution in [2.24, 2.45) is 5.10 Å². The van der Waals surface area contributed by atoms with Gasteiger partial charge in [-0.3, -0.25) is 9.78 Å². The Morgan fingerprint density at radius 1 is 0.929 bits per heavy atom. The molecule has 56 heavy (non-hydrogen) atoms. The van der Waals surface area contributed by atoms with Gasteiger partial charge in [0.15, 0.2) is 46.4 Å². The van der Waals surface area contributed by atoms with Crippen LogP contribution in [0.15, 0.2) is 83.5 Å². The van der Waals surface area contributed by atoms with Crippen molar-refractivity contribution in [3.05, 3.63) is 89.8 Å². The fourth-order valence-electron chi connectivity index (χ4n) is 6.43. The number of benzene rings is 3. The maximum Gasteiger partial charge on any atom is 0.418 e. The largest absolute Gasteiger partial charge is 0.493 e. The minimum absolute atomic E-state index is 0.0495. The molecule has 4 aromatic rings. The molecule has 1 saturated heterocycles. The topological polar surface area (TPSA) is 126 Å². The second-order valence-electron chi connectivity index (χ2n) is 12.9. The van der Waals surface area contributed by atoms with Crippen LogP contribution in [0.2, 0.25) is 0 Å². The number of nitrogens with one attached hydrogen (secondary N) is 1. The number of carbonyl (C=O) groups is 1. The van der Waals surface area contributed by atoms with Crippen LogP contribution in [0, 0.1) is 5.82 Å². The number of unbranched alkanes of at least 4 members (excludes halogenated alkanes) is 1. The lowest BCUT2D eigenvalue weighted by atomic mass is 10.1. The summed E-state index contributed by atoms with van der Waals surface area (Å²) in [6, 6.07) is 12.8. The van der Waals surface area contributed by atoms with E-state index >= 15 is 4.39 Å². The molecule has 1 aromatic heterocycles. The van der Waals surface area contributed by atoms with Gasteiger partial charge in [0.25, 0.3) is 5.91 Å². The van der Waals surface area contributed by atoms with Gasteiger partial charge in [-0.15, -0.1) is 0 Å². The van der Waals surface area contributed by atoms with E-state index in [1.54, 1.807) is 30.1 Å². The highest BCUT2D eigenvalue weighted by Gasteiger charge is 2.40. The number of nitrogens with zero attached hydrogens (tertiary/aromatic N) is 5. The van der Waals surface area contributed by atoms with Crippen molar-refractivity contribution in [2.45, 2.75) is 45.2 Å². The number of alkyl halides is 3. The van der Waals surface area contributed by atoms with Crippen LogP contribution in [-0.2, 0) is 20.6 Å². The predicted octanol–water partition coefficient (Wildman–Crippen LogP) is 7.36. The number of halogens is 4. The Bertz CT molecular complexity index is 2230. The molecule has 0 radical (unpaired) electrons. The molecule has 0 saturated carbocycles. The van der Waals surface area contributed by atoms with Gasteiger partial charge in [0.2, 0.25) is 5.82 Å². The van der Waals surface area contributed by atoms with E-state index in [0.717, 1.165) is 55.2 Å². The van der Waals surface area contributed by atoms with Gasteiger partial charge in [0.1, 0.15) is 5.75 Å². The molecular formula is C40H38F4N6O6. The number of pyridine rings is 1. The highest BCUT2D eigenvalue weighted by Crippen LogP contribution is 2.40. The second-order valence-corrected chi connectivity index (χ2v) is 12.9. The van der Waals surface area contributed by atoms with Gasteiger partial charge >= 0.3 is 6.18 Å². The maximum atomic E-state index is 15.6. The second kappa shape index (κ2) is 17.5. The van der Waals surface area contributed by atoms with Crippen molar-refractivity contribution in [3.63, 3.8) is 0 Å². The van der Waals surface area contributed by atoms with Crippen LogP contribution in [0.5, 0.6) is 23.0 Å². The summed E-state index contributed by atoms with van der Waals surface area (Å²) in [5.74, 6) is 1.65. The number of anilines is 2. The third-order valence-corrected chi connectivity index (χ3v) is 9.20. The molecule has 3 heterocycles. The van der Waals surface area contributed by atoms with E-state index in [4.69, 9.17) is 14.2 Å². The third-order valence-electron chi connectivity index (χ3n) is 9.20. The average molecular weight is 775 g/mol. The molecular weight excluding hydrogens is 736 g/mol. The van der Waals surface area contributed by atoms with Gasteiger partial charge in [-0.25, -0.2) is 19.0 Å². The summed E-state index contributed by atoms with van der Waals surface area (Å²) in [5, 5.41) is 7.59. The van der Waals surface area contributed by atoms with E-state index in [0.29, 0.717) is 46.9 Å². The number of likely N-dealkylation sites (tertiary alicyclic amines) is 1. The zero-order valence-corrected chi connectivity index (χ0v) is 30.6. The normalized spacial score (nSPS) is 14.7.